The zero-order chi connectivity index (χ0) is 15.2. The highest BCUT2D eigenvalue weighted by molar-refractivity contribution is 7.89. The van der Waals surface area contributed by atoms with Gasteiger partial charge in [-0.2, -0.15) is 0 Å². The van der Waals surface area contributed by atoms with Crippen LogP contribution in [0.2, 0.25) is 0 Å². The highest BCUT2D eigenvalue weighted by atomic mass is 32.2. The average Bonchev–Trinajstić information content (AvgIpc) is 2.69. The Bertz CT molecular complexity index is 533. The number of rotatable bonds is 8. The summed E-state index contributed by atoms with van der Waals surface area (Å²) in [4.78, 5) is 11.4. The first-order valence-corrected chi connectivity index (χ1v) is 7.55. The van der Waals surface area contributed by atoms with Crippen molar-refractivity contribution in [3.8, 4) is 0 Å². The standard InChI is InChI=1S/C11H19N3O5S/c1-8-11(9(2)19-14-8)20(16,17)13-5-4-10(15)12-6-7-18-3/h13H,4-7H2,1-3H3,(H,12,15). The van der Waals surface area contributed by atoms with Crippen LogP contribution in [-0.4, -0.2) is 46.3 Å². The van der Waals surface area contributed by atoms with Crippen LogP contribution in [0, 0.1) is 13.8 Å². The molecule has 0 fully saturated rings. The molecule has 1 aromatic heterocycles. The lowest BCUT2D eigenvalue weighted by molar-refractivity contribution is -0.121. The lowest BCUT2D eigenvalue weighted by Gasteiger charge is -2.07. The van der Waals surface area contributed by atoms with Crippen molar-refractivity contribution < 1.29 is 22.5 Å². The maximum atomic E-state index is 12.0. The Labute approximate surface area is 117 Å². The Kier molecular flexibility index (Phi) is 6.11. The van der Waals surface area contributed by atoms with Crippen LogP contribution in [0.15, 0.2) is 9.42 Å². The van der Waals surface area contributed by atoms with Gasteiger partial charge in [0.25, 0.3) is 0 Å². The van der Waals surface area contributed by atoms with Crippen molar-refractivity contribution in [3.63, 3.8) is 0 Å². The molecule has 1 rings (SSSR count). The summed E-state index contributed by atoms with van der Waals surface area (Å²) in [6.45, 7) is 3.88. The fourth-order valence-corrected chi connectivity index (χ4v) is 2.97. The maximum absolute atomic E-state index is 12.0. The number of carbonyl (C=O) groups excluding carboxylic acids is 1. The van der Waals surface area contributed by atoms with Crippen LogP contribution in [0.1, 0.15) is 17.9 Å². The largest absolute Gasteiger partial charge is 0.383 e. The van der Waals surface area contributed by atoms with Gasteiger partial charge in [0.1, 0.15) is 10.6 Å². The molecule has 0 saturated heterocycles. The third-order valence-corrected chi connectivity index (χ3v) is 4.21. The molecule has 9 heteroatoms. The normalized spacial score (nSPS) is 11.6. The minimum absolute atomic E-state index is 0.00517. The van der Waals surface area contributed by atoms with E-state index in [1.54, 1.807) is 6.92 Å². The number of aromatic nitrogens is 1. The summed E-state index contributed by atoms with van der Waals surface area (Å²) in [6.07, 6.45) is 0.0479. The molecule has 0 aromatic carbocycles. The van der Waals surface area contributed by atoms with Crippen molar-refractivity contribution in [2.45, 2.75) is 25.2 Å². The zero-order valence-corrected chi connectivity index (χ0v) is 12.5. The number of hydrogen-bond acceptors (Lipinski definition) is 6. The second-order valence-electron chi connectivity index (χ2n) is 4.14. The van der Waals surface area contributed by atoms with Gasteiger partial charge in [0.15, 0.2) is 5.76 Å². The van der Waals surface area contributed by atoms with Crippen molar-refractivity contribution in [1.29, 1.82) is 0 Å². The number of carbonyl (C=O) groups is 1. The highest BCUT2D eigenvalue weighted by Gasteiger charge is 2.23. The molecule has 2 N–H and O–H groups in total. The third-order valence-electron chi connectivity index (χ3n) is 2.51. The number of sulfonamides is 1. The van der Waals surface area contributed by atoms with Gasteiger partial charge in [0.2, 0.25) is 15.9 Å². The molecule has 1 heterocycles. The van der Waals surface area contributed by atoms with Crippen LogP contribution in [0.3, 0.4) is 0 Å². The molecule has 0 aliphatic rings. The van der Waals surface area contributed by atoms with Gasteiger partial charge in [-0.1, -0.05) is 5.16 Å². The Balaban J connectivity index is 2.47. The van der Waals surface area contributed by atoms with Crippen molar-refractivity contribution in [1.82, 2.24) is 15.2 Å². The molecule has 114 valence electrons. The van der Waals surface area contributed by atoms with Crippen LogP contribution in [0.4, 0.5) is 0 Å². The van der Waals surface area contributed by atoms with Gasteiger partial charge >= 0.3 is 0 Å². The summed E-state index contributed by atoms with van der Waals surface area (Å²) in [6, 6.07) is 0. The van der Waals surface area contributed by atoms with E-state index in [-0.39, 0.29) is 29.5 Å². The average molecular weight is 305 g/mol. The van der Waals surface area contributed by atoms with Gasteiger partial charge in [-0.3, -0.25) is 4.79 Å². The number of hydrogen-bond donors (Lipinski definition) is 2. The first-order valence-electron chi connectivity index (χ1n) is 6.06. The molecule has 1 aromatic rings. The molecule has 0 aliphatic carbocycles. The van der Waals surface area contributed by atoms with Crippen LogP contribution >= 0.6 is 0 Å². The summed E-state index contributed by atoms with van der Waals surface area (Å²) < 4.78 is 36.0. The van der Waals surface area contributed by atoms with Gasteiger partial charge in [-0.25, -0.2) is 13.1 Å². The smallest absolute Gasteiger partial charge is 0.245 e. The van der Waals surface area contributed by atoms with Crippen molar-refractivity contribution >= 4 is 15.9 Å². The number of ether oxygens (including phenoxy) is 1. The van der Waals surface area contributed by atoms with E-state index < -0.39 is 10.0 Å². The summed E-state index contributed by atoms with van der Waals surface area (Å²) >= 11 is 0. The summed E-state index contributed by atoms with van der Waals surface area (Å²) in [5.74, 6) is -0.0249. The molecule has 0 radical (unpaired) electrons. The summed E-state index contributed by atoms with van der Waals surface area (Å²) in [7, 11) is -2.18. The Morgan fingerprint density at radius 2 is 2.05 bits per heavy atom. The number of nitrogens with zero attached hydrogens (tertiary/aromatic N) is 1. The van der Waals surface area contributed by atoms with Crippen LogP contribution in [0.5, 0.6) is 0 Å². The van der Waals surface area contributed by atoms with E-state index in [0.29, 0.717) is 18.8 Å². The molecule has 0 unspecified atom stereocenters. The van der Waals surface area contributed by atoms with E-state index in [4.69, 9.17) is 9.26 Å². The summed E-state index contributed by atoms with van der Waals surface area (Å²) in [5.41, 5.74) is 0.291. The SMILES string of the molecule is COCCNC(=O)CCNS(=O)(=O)c1c(C)noc1C. The quantitative estimate of drug-likeness (QED) is 0.639. The Morgan fingerprint density at radius 1 is 1.35 bits per heavy atom. The topological polar surface area (TPSA) is 111 Å². The van der Waals surface area contributed by atoms with E-state index in [1.165, 1.54) is 14.0 Å². The van der Waals surface area contributed by atoms with Crippen LogP contribution in [-0.2, 0) is 19.6 Å². The molecule has 1 amide bonds. The fourth-order valence-electron chi connectivity index (χ4n) is 1.61. The monoisotopic (exact) mass is 305 g/mol. The fraction of sp³-hybridized carbons (Fsp3) is 0.636. The molecule has 0 atom stereocenters. The van der Waals surface area contributed by atoms with Crippen molar-refractivity contribution in [3.05, 3.63) is 11.5 Å². The van der Waals surface area contributed by atoms with E-state index in [9.17, 15) is 13.2 Å². The third kappa shape index (κ3) is 4.58. The second-order valence-corrected chi connectivity index (χ2v) is 5.85. The highest BCUT2D eigenvalue weighted by Crippen LogP contribution is 2.18. The molecule has 8 nitrogen and oxygen atoms in total. The molecule has 20 heavy (non-hydrogen) atoms. The second kappa shape index (κ2) is 7.36. The molecule has 0 aliphatic heterocycles. The molecular weight excluding hydrogens is 286 g/mol. The molecule has 0 bridgehead atoms. The molecule has 0 spiro atoms. The van der Waals surface area contributed by atoms with E-state index in [1.807, 2.05) is 0 Å². The maximum Gasteiger partial charge on any atom is 0.245 e. The lowest BCUT2D eigenvalue weighted by atomic mass is 10.4. The lowest BCUT2D eigenvalue weighted by Crippen LogP contribution is -2.32. The van der Waals surface area contributed by atoms with Gasteiger partial charge < -0.3 is 14.6 Å². The van der Waals surface area contributed by atoms with Gasteiger partial charge in [-0.15, -0.1) is 0 Å². The summed E-state index contributed by atoms with van der Waals surface area (Å²) in [5, 5.41) is 6.19. The van der Waals surface area contributed by atoms with Crippen LogP contribution in [0.25, 0.3) is 0 Å². The van der Waals surface area contributed by atoms with Gasteiger partial charge in [-0.05, 0) is 13.8 Å². The number of nitrogens with one attached hydrogen (secondary N) is 2. The minimum atomic E-state index is -3.71. The van der Waals surface area contributed by atoms with Gasteiger partial charge in [0.05, 0.1) is 6.61 Å². The minimum Gasteiger partial charge on any atom is -0.383 e. The Morgan fingerprint density at radius 3 is 2.60 bits per heavy atom. The number of amides is 1. The van der Waals surface area contributed by atoms with Gasteiger partial charge in [0, 0.05) is 26.6 Å². The predicted octanol–water partition coefficient (Wildman–Crippen LogP) is -0.278. The number of methoxy groups -OCH3 is 1. The first kappa shape index (κ1) is 16.6. The predicted molar refractivity (Wildman–Crippen MR) is 70.7 cm³/mol. The Hall–Kier alpha value is -1.45. The zero-order valence-electron chi connectivity index (χ0n) is 11.7. The van der Waals surface area contributed by atoms with E-state index in [2.05, 4.69) is 15.2 Å². The number of aryl methyl sites for hydroxylation is 2. The van der Waals surface area contributed by atoms with Crippen molar-refractivity contribution in [2.75, 3.05) is 26.8 Å². The molecule has 0 saturated carbocycles. The van der Waals surface area contributed by atoms with Crippen LogP contribution < -0.4 is 10.0 Å². The van der Waals surface area contributed by atoms with E-state index >= 15 is 0 Å². The van der Waals surface area contributed by atoms with Crippen molar-refractivity contribution in [2.24, 2.45) is 0 Å². The first-order chi connectivity index (χ1) is 9.38. The molecular formula is C11H19N3O5S. The van der Waals surface area contributed by atoms with E-state index in [0.717, 1.165) is 0 Å².